The molecule has 3 aromatic carbocycles. The Bertz CT molecular complexity index is 1550. The van der Waals surface area contributed by atoms with Crippen LogP contribution in [0.15, 0.2) is 76.5 Å². The van der Waals surface area contributed by atoms with E-state index in [1.807, 2.05) is 6.92 Å². The number of methoxy groups -OCH3 is 2. The van der Waals surface area contributed by atoms with Crippen LogP contribution in [0.3, 0.4) is 0 Å². The molecule has 1 fully saturated rings. The van der Waals surface area contributed by atoms with E-state index in [9.17, 15) is 21.6 Å². The highest BCUT2D eigenvalue weighted by Gasteiger charge is 2.29. The summed E-state index contributed by atoms with van der Waals surface area (Å²) in [5.41, 5.74) is 1.26. The van der Waals surface area contributed by atoms with Crippen molar-refractivity contribution in [3.63, 3.8) is 0 Å². The summed E-state index contributed by atoms with van der Waals surface area (Å²) in [7, 11) is -5.02. The van der Waals surface area contributed by atoms with Crippen molar-refractivity contribution >= 4 is 37.3 Å². The fraction of sp³-hybridized carbons (Fsp3) is 0.321. The molecule has 0 aliphatic carbocycles. The van der Waals surface area contributed by atoms with Gasteiger partial charge in [0.1, 0.15) is 18.0 Å². The molecular formula is C28H33N3O7S2. The summed E-state index contributed by atoms with van der Waals surface area (Å²) in [6.45, 7) is 2.14. The molecule has 10 nitrogen and oxygen atoms in total. The van der Waals surface area contributed by atoms with Gasteiger partial charge in [-0.25, -0.2) is 16.8 Å². The topological polar surface area (TPSA) is 122 Å². The minimum absolute atomic E-state index is 0.0183. The zero-order chi connectivity index (χ0) is 28.9. The molecule has 1 amide bonds. The van der Waals surface area contributed by atoms with Crippen molar-refractivity contribution in [1.82, 2.24) is 4.31 Å². The Morgan fingerprint density at radius 2 is 1.48 bits per heavy atom. The van der Waals surface area contributed by atoms with Crippen molar-refractivity contribution in [2.24, 2.45) is 0 Å². The van der Waals surface area contributed by atoms with Crippen LogP contribution < -0.4 is 19.1 Å². The van der Waals surface area contributed by atoms with Gasteiger partial charge in [-0.1, -0.05) is 24.1 Å². The van der Waals surface area contributed by atoms with E-state index in [2.05, 4.69) is 5.32 Å². The zero-order valence-corrected chi connectivity index (χ0v) is 24.3. The van der Waals surface area contributed by atoms with Gasteiger partial charge in [0, 0.05) is 13.1 Å². The Balaban J connectivity index is 1.65. The quantitative estimate of drug-likeness (QED) is 0.380. The van der Waals surface area contributed by atoms with Gasteiger partial charge in [0.25, 0.3) is 10.0 Å². The minimum atomic E-state index is -4.14. The number of piperidine rings is 1. The predicted molar refractivity (Wildman–Crippen MR) is 153 cm³/mol. The van der Waals surface area contributed by atoms with Crippen LogP contribution in [0.4, 0.5) is 11.4 Å². The summed E-state index contributed by atoms with van der Waals surface area (Å²) in [5.74, 6) is 0.0815. The van der Waals surface area contributed by atoms with Crippen LogP contribution in [-0.2, 0) is 24.8 Å². The molecule has 0 atom stereocenters. The lowest BCUT2D eigenvalue weighted by Crippen LogP contribution is -2.38. The summed E-state index contributed by atoms with van der Waals surface area (Å²) in [6.07, 6.45) is 2.55. The van der Waals surface area contributed by atoms with Gasteiger partial charge < -0.3 is 14.8 Å². The van der Waals surface area contributed by atoms with Crippen molar-refractivity contribution in [3.8, 4) is 11.5 Å². The Hall–Kier alpha value is -3.61. The summed E-state index contributed by atoms with van der Waals surface area (Å²) in [4.78, 5) is 13.4. The number of carbonyl (C=O) groups is 1. The van der Waals surface area contributed by atoms with Gasteiger partial charge in [-0.2, -0.15) is 4.31 Å². The molecule has 1 aliphatic heterocycles. The second-order valence-electron chi connectivity index (χ2n) is 9.40. The first kappa shape index (κ1) is 29.4. The lowest BCUT2D eigenvalue weighted by molar-refractivity contribution is -0.114. The largest absolute Gasteiger partial charge is 0.497 e. The lowest BCUT2D eigenvalue weighted by Gasteiger charge is -2.26. The molecule has 40 heavy (non-hydrogen) atoms. The molecule has 0 spiro atoms. The Morgan fingerprint density at radius 1 is 0.850 bits per heavy atom. The molecule has 3 aromatic rings. The molecule has 12 heteroatoms. The second-order valence-corrected chi connectivity index (χ2v) is 13.2. The molecule has 0 radical (unpaired) electrons. The number of benzene rings is 3. The standard InChI is InChI=1S/C28H33N3O7S2/c1-21-7-13-24(14-8-21)40(35,36)31(22-9-11-23(37-2)12-10-22)20-28(32)29-26-19-25(15-16-27(26)38-3)39(33,34)30-17-5-4-6-18-30/h7-16,19H,4-6,17-18,20H2,1-3H3,(H,29,32). The van der Waals surface area contributed by atoms with Gasteiger partial charge in [0.15, 0.2) is 0 Å². The van der Waals surface area contributed by atoms with Crippen LogP contribution in [0.2, 0.25) is 0 Å². The number of hydrogen-bond donors (Lipinski definition) is 1. The number of ether oxygens (including phenoxy) is 2. The number of anilines is 2. The van der Waals surface area contributed by atoms with Gasteiger partial charge in [0.2, 0.25) is 15.9 Å². The average molecular weight is 588 g/mol. The molecule has 0 saturated carbocycles. The SMILES string of the molecule is COc1ccc(N(CC(=O)Nc2cc(S(=O)(=O)N3CCCCC3)ccc2OC)S(=O)(=O)c2ccc(C)cc2)cc1. The molecule has 0 unspecified atom stereocenters. The van der Waals surface area contributed by atoms with E-state index in [4.69, 9.17) is 9.47 Å². The molecule has 0 aromatic heterocycles. The highest BCUT2D eigenvalue weighted by Crippen LogP contribution is 2.31. The first-order chi connectivity index (χ1) is 19.1. The maximum Gasteiger partial charge on any atom is 0.264 e. The monoisotopic (exact) mass is 587 g/mol. The molecule has 1 aliphatic rings. The van der Waals surface area contributed by atoms with Crippen molar-refractivity contribution in [2.75, 3.05) is 43.5 Å². The molecular weight excluding hydrogens is 554 g/mol. The van der Waals surface area contributed by atoms with Crippen LogP contribution in [-0.4, -0.2) is 60.9 Å². The molecule has 0 bridgehead atoms. The smallest absolute Gasteiger partial charge is 0.264 e. The van der Waals surface area contributed by atoms with E-state index >= 15 is 0 Å². The molecule has 1 N–H and O–H groups in total. The van der Waals surface area contributed by atoms with Gasteiger partial charge in [-0.15, -0.1) is 0 Å². The summed E-state index contributed by atoms with van der Waals surface area (Å²) in [6, 6.07) is 16.9. The Kier molecular flexibility index (Phi) is 9.02. The number of sulfonamides is 2. The van der Waals surface area contributed by atoms with Crippen LogP contribution in [0.1, 0.15) is 24.8 Å². The third-order valence-electron chi connectivity index (χ3n) is 6.65. The van der Waals surface area contributed by atoms with E-state index in [0.29, 0.717) is 18.8 Å². The molecule has 214 valence electrons. The van der Waals surface area contributed by atoms with Crippen molar-refractivity contribution in [3.05, 3.63) is 72.3 Å². The Labute approximate surface area is 235 Å². The van der Waals surface area contributed by atoms with E-state index in [0.717, 1.165) is 29.1 Å². The number of rotatable bonds is 10. The fourth-order valence-corrected chi connectivity index (χ4v) is 7.39. The second kappa shape index (κ2) is 12.3. The molecule has 1 heterocycles. The van der Waals surface area contributed by atoms with Crippen LogP contribution >= 0.6 is 0 Å². The average Bonchev–Trinajstić information content (AvgIpc) is 2.96. The third-order valence-corrected chi connectivity index (χ3v) is 10.3. The Morgan fingerprint density at radius 3 is 2.08 bits per heavy atom. The molecule has 4 rings (SSSR count). The summed E-state index contributed by atoms with van der Waals surface area (Å²) >= 11 is 0. The number of nitrogens with one attached hydrogen (secondary N) is 1. The van der Waals surface area contributed by atoms with Crippen LogP contribution in [0.25, 0.3) is 0 Å². The van der Waals surface area contributed by atoms with Gasteiger partial charge in [-0.05, 0) is 74.4 Å². The first-order valence-electron chi connectivity index (χ1n) is 12.8. The van der Waals surface area contributed by atoms with E-state index in [1.165, 1.54) is 48.9 Å². The van der Waals surface area contributed by atoms with Crippen molar-refractivity contribution in [1.29, 1.82) is 0 Å². The number of amides is 1. The predicted octanol–water partition coefficient (Wildman–Crippen LogP) is 4.02. The number of nitrogens with zero attached hydrogens (tertiary/aromatic N) is 2. The number of carbonyl (C=O) groups excluding carboxylic acids is 1. The van der Waals surface area contributed by atoms with E-state index in [1.54, 1.807) is 36.4 Å². The van der Waals surface area contributed by atoms with Crippen LogP contribution in [0.5, 0.6) is 11.5 Å². The molecule has 1 saturated heterocycles. The summed E-state index contributed by atoms with van der Waals surface area (Å²) < 4.78 is 66.8. The first-order valence-corrected chi connectivity index (χ1v) is 15.7. The van der Waals surface area contributed by atoms with Crippen molar-refractivity contribution < 1.29 is 31.1 Å². The maximum atomic E-state index is 13.7. The maximum absolute atomic E-state index is 13.7. The number of aryl methyl sites for hydroxylation is 1. The van der Waals surface area contributed by atoms with Crippen LogP contribution in [0, 0.1) is 6.92 Å². The van der Waals surface area contributed by atoms with E-state index < -0.39 is 32.5 Å². The fourth-order valence-electron chi connectivity index (χ4n) is 4.42. The number of hydrogen-bond acceptors (Lipinski definition) is 7. The zero-order valence-electron chi connectivity index (χ0n) is 22.7. The van der Waals surface area contributed by atoms with Crippen molar-refractivity contribution in [2.45, 2.75) is 36.0 Å². The van der Waals surface area contributed by atoms with Gasteiger partial charge in [-0.3, -0.25) is 9.10 Å². The van der Waals surface area contributed by atoms with E-state index in [-0.39, 0.29) is 26.9 Å². The highest BCUT2D eigenvalue weighted by molar-refractivity contribution is 7.92. The lowest BCUT2D eigenvalue weighted by atomic mass is 10.2. The summed E-state index contributed by atoms with van der Waals surface area (Å²) in [5, 5.41) is 2.65. The normalized spacial score (nSPS) is 14.4. The highest BCUT2D eigenvalue weighted by atomic mass is 32.2. The minimum Gasteiger partial charge on any atom is -0.497 e. The van der Waals surface area contributed by atoms with Gasteiger partial charge in [0.05, 0.1) is 35.4 Å². The third kappa shape index (κ3) is 6.40. The van der Waals surface area contributed by atoms with Gasteiger partial charge >= 0.3 is 0 Å².